The lowest BCUT2D eigenvalue weighted by Gasteiger charge is -2.33. The van der Waals surface area contributed by atoms with E-state index in [1.165, 1.54) is 21.6 Å². The number of benzene rings is 1. The predicted octanol–water partition coefficient (Wildman–Crippen LogP) is 0.771. The second-order valence-electron chi connectivity index (χ2n) is 5.92. The number of hydrogen-bond donors (Lipinski definition) is 0. The molecule has 2 aromatic rings. The van der Waals surface area contributed by atoms with Crippen molar-refractivity contribution in [2.45, 2.75) is 4.90 Å². The molecule has 0 spiro atoms. The van der Waals surface area contributed by atoms with E-state index in [9.17, 15) is 18.0 Å². The Morgan fingerprint density at radius 3 is 2.33 bits per heavy atom. The Morgan fingerprint density at radius 1 is 1.00 bits per heavy atom. The molecule has 1 amide bonds. The van der Waals surface area contributed by atoms with Crippen LogP contribution in [0.2, 0.25) is 0 Å². The zero-order valence-corrected chi connectivity index (χ0v) is 15.3. The molecule has 1 saturated heterocycles. The number of ether oxygens (including phenoxy) is 1. The van der Waals surface area contributed by atoms with E-state index in [4.69, 9.17) is 4.74 Å². The van der Waals surface area contributed by atoms with Crippen LogP contribution in [-0.4, -0.2) is 67.3 Å². The summed E-state index contributed by atoms with van der Waals surface area (Å²) in [6.07, 6.45) is 2.89. The van der Waals surface area contributed by atoms with Crippen molar-refractivity contribution in [2.24, 2.45) is 0 Å². The minimum Gasteiger partial charge on any atom is -0.452 e. The summed E-state index contributed by atoms with van der Waals surface area (Å²) in [5, 5.41) is 0. The highest BCUT2D eigenvalue weighted by atomic mass is 32.2. The Labute approximate surface area is 157 Å². The van der Waals surface area contributed by atoms with Gasteiger partial charge in [-0.3, -0.25) is 9.78 Å². The average molecular weight is 389 g/mol. The molecule has 1 aliphatic rings. The van der Waals surface area contributed by atoms with E-state index < -0.39 is 16.0 Å². The summed E-state index contributed by atoms with van der Waals surface area (Å²) >= 11 is 0. The monoisotopic (exact) mass is 389 g/mol. The number of carbonyl (C=O) groups is 2. The second-order valence-corrected chi connectivity index (χ2v) is 7.85. The van der Waals surface area contributed by atoms with E-state index in [2.05, 4.69) is 4.98 Å². The molecule has 0 aliphatic carbocycles. The number of sulfonamides is 1. The highest BCUT2D eigenvalue weighted by Crippen LogP contribution is 2.17. The van der Waals surface area contributed by atoms with Crippen molar-refractivity contribution in [3.05, 3.63) is 60.4 Å². The molecular formula is C18H19N3O5S. The van der Waals surface area contributed by atoms with Crippen LogP contribution >= 0.6 is 0 Å². The van der Waals surface area contributed by atoms with Crippen LogP contribution in [0.3, 0.4) is 0 Å². The molecule has 1 aromatic heterocycles. The summed E-state index contributed by atoms with van der Waals surface area (Å²) in [6.45, 7) is 0.489. The number of amides is 1. The maximum atomic E-state index is 12.6. The fraction of sp³-hybridized carbons (Fsp3) is 0.278. The standard InChI is InChI=1S/C18H19N3O5S/c22-17(14-26-18(23)15-5-4-8-19-13-15)20-9-11-21(12-10-20)27(24,25)16-6-2-1-3-7-16/h1-8,13H,9-12,14H2. The van der Waals surface area contributed by atoms with Gasteiger partial charge >= 0.3 is 5.97 Å². The van der Waals surface area contributed by atoms with E-state index in [-0.39, 0.29) is 49.2 Å². The van der Waals surface area contributed by atoms with Crippen LogP contribution in [0.4, 0.5) is 0 Å². The fourth-order valence-corrected chi connectivity index (χ4v) is 4.15. The van der Waals surface area contributed by atoms with Crippen LogP contribution in [0, 0.1) is 0 Å². The van der Waals surface area contributed by atoms with Crippen molar-refractivity contribution >= 4 is 21.9 Å². The summed E-state index contributed by atoms with van der Waals surface area (Å²) in [6, 6.07) is 11.3. The maximum Gasteiger partial charge on any atom is 0.340 e. The first kappa shape index (κ1) is 19.0. The molecular weight excluding hydrogens is 370 g/mol. The Balaban J connectivity index is 1.51. The maximum absolute atomic E-state index is 12.6. The van der Waals surface area contributed by atoms with Gasteiger partial charge in [-0.05, 0) is 24.3 Å². The largest absolute Gasteiger partial charge is 0.452 e. The average Bonchev–Trinajstić information content (AvgIpc) is 2.73. The smallest absolute Gasteiger partial charge is 0.340 e. The topological polar surface area (TPSA) is 96.9 Å². The van der Waals surface area contributed by atoms with Crippen molar-refractivity contribution in [3.63, 3.8) is 0 Å². The Hall–Kier alpha value is -2.78. The lowest BCUT2D eigenvalue weighted by Crippen LogP contribution is -2.51. The molecule has 8 nitrogen and oxygen atoms in total. The highest BCUT2D eigenvalue weighted by Gasteiger charge is 2.30. The molecule has 0 radical (unpaired) electrons. The molecule has 1 aliphatic heterocycles. The van der Waals surface area contributed by atoms with E-state index in [1.807, 2.05) is 0 Å². The van der Waals surface area contributed by atoms with E-state index >= 15 is 0 Å². The van der Waals surface area contributed by atoms with Crippen molar-refractivity contribution in [1.29, 1.82) is 0 Å². The number of rotatable bonds is 5. The van der Waals surface area contributed by atoms with E-state index in [0.717, 1.165) is 0 Å². The second kappa shape index (κ2) is 8.28. The summed E-state index contributed by atoms with van der Waals surface area (Å²) in [5.74, 6) is -0.981. The number of esters is 1. The number of pyridine rings is 1. The van der Waals surface area contributed by atoms with Crippen molar-refractivity contribution < 1.29 is 22.7 Å². The van der Waals surface area contributed by atoms with Gasteiger partial charge in [-0.25, -0.2) is 13.2 Å². The first-order valence-electron chi connectivity index (χ1n) is 8.38. The zero-order valence-electron chi connectivity index (χ0n) is 14.5. The van der Waals surface area contributed by atoms with Gasteiger partial charge < -0.3 is 9.64 Å². The first-order valence-corrected chi connectivity index (χ1v) is 9.82. The molecule has 0 atom stereocenters. The molecule has 1 fully saturated rings. The summed E-state index contributed by atoms with van der Waals surface area (Å²) in [4.78, 5) is 29.6. The minimum absolute atomic E-state index is 0.194. The van der Waals surface area contributed by atoms with Crippen LogP contribution in [0.5, 0.6) is 0 Å². The number of aromatic nitrogens is 1. The molecule has 2 heterocycles. The third-order valence-electron chi connectivity index (χ3n) is 4.20. The quantitative estimate of drug-likeness (QED) is 0.701. The number of piperazine rings is 1. The van der Waals surface area contributed by atoms with Gasteiger partial charge in [0, 0.05) is 38.6 Å². The van der Waals surface area contributed by atoms with E-state index in [0.29, 0.717) is 0 Å². The Bertz CT molecular complexity index is 895. The fourth-order valence-electron chi connectivity index (χ4n) is 2.70. The van der Waals surface area contributed by atoms with Crippen molar-refractivity contribution in [3.8, 4) is 0 Å². The van der Waals surface area contributed by atoms with Gasteiger partial charge in [0.1, 0.15) is 0 Å². The Morgan fingerprint density at radius 2 is 1.70 bits per heavy atom. The van der Waals surface area contributed by atoms with Crippen LogP contribution in [0.25, 0.3) is 0 Å². The van der Waals surface area contributed by atoms with Gasteiger partial charge in [0.25, 0.3) is 5.91 Å². The van der Waals surface area contributed by atoms with Gasteiger partial charge in [-0.2, -0.15) is 4.31 Å². The third kappa shape index (κ3) is 4.50. The first-order chi connectivity index (χ1) is 13.0. The van der Waals surface area contributed by atoms with Gasteiger partial charge in [0.05, 0.1) is 10.5 Å². The van der Waals surface area contributed by atoms with E-state index in [1.54, 1.807) is 42.5 Å². The molecule has 0 N–H and O–H groups in total. The molecule has 0 saturated carbocycles. The summed E-state index contributed by atoms with van der Waals surface area (Å²) in [5.41, 5.74) is 0.268. The van der Waals surface area contributed by atoms with Gasteiger partial charge in [-0.15, -0.1) is 0 Å². The SMILES string of the molecule is O=C(OCC(=O)N1CCN(S(=O)(=O)c2ccccc2)CC1)c1cccnc1. The van der Waals surface area contributed by atoms with Crippen molar-refractivity contribution in [1.82, 2.24) is 14.2 Å². The molecule has 0 unspecified atom stereocenters. The molecule has 9 heteroatoms. The molecule has 1 aromatic carbocycles. The minimum atomic E-state index is -3.57. The van der Waals surface area contributed by atoms with Crippen molar-refractivity contribution in [2.75, 3.05) is 32.8 Å². The van der Waals surface area contributed by atoms with Crippen LogP contribution in [0.1, 0.15) is 10.4 Å². The number of hydrogen-bond acceptors (Lipinski definition) is 6. The number of nitrogens with zero attached hydrogens (tertiary/aromatic N) is 3. The molecule has 3 rings (SSSR count). The predicted molar refractivity (Wildman–Crippen MR) is 96.3 cm³/mol. The normalized spacial score (nSPS) is 15.3. The van der Waals surface area contributed by atoms with Gasteiger partial charge in [0.2, 0.25) is 10.0 Å². The zero-order chi connectivity index (χ0) is 19.3. The summed E-state index contributed by atoms with van der Waals surface area (Å²) in [7, 11) is -3.57. The van der Waals surface area contributed by atoms with Gasteiger partial charge in [-0.1, -0.05) is 18.2 Å². The Kier molecular flexibility index (Phi) is 5.82. The molecule has 142 valence electrons. The van der Waals surface area contributed by atoms with Crippen LogP contribution < -0.4 is 0 Å². The van der Waals surface area contributed by atoms with Crippen LogP contribution in [0.15, 0.2) is 59.8 Å². The lowest BCUT2D eigenvalue weighted by molar-refractivity contribution is -0.135. The van der Waals surface area contributed by atoms with Crippen LogP contribution in [-0.2, 0) is 19.6 Å². The van der Waals surface area contributed by atoms with Gasteiger partial charge in [0.15, 0.2) is 6.61 Å². The summed E-state index contributed by atoms with van der Waals surface area (Å²) < 4.78 is 31.5. The number of carbonyl (C=O) groups excluding carboxylic acids is 2. The molecule has 0 bridgehead atoms. The third-order valence-corrected chi connectivity index (χ3v) is 6.11. The lowest BCUT2D eigenvalue weighted by atomic mass is 10.3. The highest BCUT2D eigenvalue weighted by molar-refractivity contribution is 7.89. The molecule has 27 heavy (non-hydrogen) atoms.